The van der Waals surface area contributed by atoms with Gasteiger partial charge in [-0.25, -0.2) is 0 Å². The third-order valence-electron chi connectivity index (χ3n) is 5.01. The largest absolute Gasteiger partial charge is 0.257 e. The van der Waals surface area contributed by atoms with Crippen molar-refractivity contribution < 1.29 is 0 Å². The normalized spacial score (nSPS) is 24.9. The Morgan fingerprint density at radius 2 is 1.07 bits per heavy atom. The summed E-state index contributed by atoms with van der Waals surface area (Å²) < 4.78 is 0. The maximum absolute atomic E-state index is 4.54. The molecule has 1 aliphatic rings. The first-order valence-corrected chi connectivity index (χ1v) is 5.55. The van der Waals surface area contributed by atoms with Crippen molar-refractivity contribution in [3.63, 3.8) is 0 Å². The van der Waals surface area contributed by atoms with E-state index in [9.17, 15) is 0 Å². The van der Waals surface area contributed by atoms with E-state index in [0.29, 0.717) is 0 Å². The first-order valence-electron chi connectivity index (χ1n) is 5.55. The van der Waals surface area contributed by atoms with Gasteiger partial charge in [-0.2, -0.15) is 0 Å². The molecule has 0 bridgehead atoms. The average Bonchev–Trinajstić information content (AvgIpc) is 2.26. The van der Waals surface area contributed by atoms with Gasteiger partial charge in [-0.05, 0) is 5.41 Å². The van der Waals surface area contributed by atoms with Gasteiger partial charge < -0.3 is 0 Å². The molecule has 0 saturated carbocycles. The topological polar surface area (TPSA) is 25.8 Å². The summed E-state index contributed by atoms with van der Waals surface area (Å²) >= 11 is 0. The van der Waals surface area contributed by atoms with Gasteiger partial charge in [0.15, 0.2) is 0 Å². The lowest BCUT2D eigenvalue weighted by Crippen LogP contribution is -2.42. The van der Waals surface area contributed by atoms with Gasteiger partial charge in [0.1, 0.15) is 0 Å². The minimum atomic E-state index is 0.0834. The zero-order chi connectivity index (χ0) is 11.5. The van der Waals surface area contributed by atoms with Crippen LogP contribution in [0.3, 0.4) is 0 Å². The van der Waals surface area contributed by atoms with Crippen molar-refractivity contribution in [3.8, 4) is 0 Å². The van der Waals surface area contributed by atoms with E-state index < -0.39 is 0 Å². The van der Waals surface area contributed by atoms with Crippen molar-refractivity contribution in [1.29, 1.82) is 0 Å². The van der Waals surface area contributed by atoms with Gasteiger partial charge in [-0.3, -0.25) is 9.97 Å². The second-order valence-electron chi connectivity index (χ2n) is 6.13. The molecule has 0 atom stereocenters. The quantitative estimate of drug-likeness (QED) is 0.649. The summed E-state index contributed by atoms with van der Waals surface area (Å²) in [6, 6.07) is 0. The fourth-order valence-corrected chi connectivity index (χ4v) is 2.63. The summed E-state index contributed by atoms with van der Waals surface area (Å²) in [6.07, 6.45) is 3.61. The van der Waals surface area contributed by atoms with Crippen molar-refractivity contribution in [2.45, 2.75) is 52.4 Å². The molecular formula is C13H20N2. The molecule has 15 heavy (non-hydrogen) atoms. The summed E-state index contributed by atoms with van der Waals surface area (Å²) in [5.74, 6) is 0. The number of rotatable bonds is 0. The van der Waals surface area contributed by atoms with Gasteiger partial charge in [-0.1, -0.05) is 41.5 Å². The highest BCUT2D eigenvalue weighted by Gasteiger charge is 2.58. The SMILES string of the molecule is CC1(C)c2nccnc2C(C)(C)C1(C)C. The molecule has 2 rings (SSSR count). The molecular weight excluding hydrogens is 184 g/mol. The zero-order valence-corrected chi connectivity index (χ0v) is 10.5. The standard InChI is InChI=1S/C13H20N2/c1-11(2)9-10(15-8-7-14-9)12(3,4)13(11,5)6/h7-8H,1-6H3. The Balaban J connectivity index is 2.78. The molecule has 0 radical (unpaired) electrons. The van der Waals surface area contributed by atoms with Crippen LogP contribution < -0.4 is 0 Å². The van der Waals surface area contributed by atoms with Crippen LogP contribution in [0.2, 0.25) is 0 Å². The predicted octanol–water partition coefficient (Wildman–Crippen LogP) is 3.07. The van der Waals surface area contributed by atoms with Gasteiger partial charge >= 0.3 is 0 Å². The Kier molecular flexibility index (Phi) is 1.84. The van der Waals surface area contributed by atoms with Gasteiger partial charge in [0, 0.05) is 23.2 Å². The summed E-state index contributed by atoms with van der Waals surface area (Å²) in [5, 5.41) is 0. The number of hydrogen-bond acceptors (Lipinski definition) is 2. The fourth-order valence-electron chi connectivity index (χ4n) is 2.63. The molecule has 0 spiro atoms. The average molecular weight is 204 g/mol. The van der Waals surface area contributed by atoms with E-state index >= 15 is 0 Å². The lowest BCUT2D eigenvalue weighted by Gasteiger charge is -2.43. The molecule has 1 aromatic rings. The van der Waals surface area contributed by atoms with Crippen LogP contribution in [0, 0.1) is 5.41 Å². The van der Waals surface area contributed by atoms with E-state index in [1.54, 1.807) is 12.4 Å². The highest BCUT2D eigenvalue weighted by Crippen LogP contribution is 2.59. The number of aromatic nitrogens is 2. The maximum atomic E-state index is 4.54. The summed E-state index contributed by atoms with van der Waals surface area (Å²) in [7, 11) is 0. The molecule has 1 aromatic heterocycles. The first kappa shape index (κ1) is 10.6. The minimum Gasteiger partial charge on any atom is -0.257 e. The molecule has 0 aliphatic heterocycles. The van der Waals surface area contributed by atoms with Crippen molar-refractivity contribution in [2.24, 2.45) is 5.41 Å². The Morgan fingerprint density at radius 3 is 1.40 bits per heavy atom. The monoisotopic (exact) mass is 204 g/mol. The second kappa shape index (κ2) is 2.60. The first-order chi connectivity index (χ1) is 6.73. The molecule has 2 heteroatoms. The minimum absolute atomic E-state index is 0.0834. The highest BCUT2D eigenvalue weighted by molar-refractivity contribution is 5.40. The third kappa shape index (κ3) is 1.000. The molecule has 0 unspecified atom stereocenters. The van der Waals surface area contributed by atoms with Gasteiger partial charge in [0.2, 0.25) is 0 Å². The Hall–Kier alpha value is -0.920. The zero-order valence-electron chi connectivity index (χ0n) is 10.5. The fraction of sp³-hybridized carbons (Fsp3) is 0.692. The van der Waals surface area contributed by atoms with Gasteiger partial charge in [-0.15, -0.1) is 0 Å². The lowest BCUT2D eigenvalue weighted by molar-refractivity contribution is 0.122. The van der Waals surface area contributed by atoms with Crippen LogP contribution in [0.25, 0.3) is 0 Å². The molecule has 0 amide bonds. The van der Waals surface area contributed by atoms with E-state index in [-0.39, 0.29) is 16.2 Å². The molecule has 0 N–H and O–H groups in total. The lowest BCUT2D eigenvalue weighted by atomic mass is 9.60. The summed E-state index contributed by atoms with van der Waals surface area (Å²) in [6.45, 7) is 13.7. The molecule has 0 aromatic carbocycles. The summed E-state index contributed by atoms with van der Waals surface area (Å²) in [5.41, 5.74) is 2.67. The summed E-state index contributed by atoms with van der Waals surface area (Å²) in [4.78, 5) is 9.08. The second-order valence-corrected chi connectivity index (χ2v) is 6.13. The Labute approximate surface area is 92.1 Å². The number of fused-ring (bicyclic) bond motifs is 1. The molecule has 1 heterocycles. The van der Waals surface area contributed by atoms with E-state index in [1.807, 2.05) is 0 Å². The number of hydrogen-bond donors (Lipinski definition) is 0. The number of nitrogens with zero attached hydrogens (tertiary/aromatic N) is 2. The molecule has 1 aliphatic carbocycles. The Morgan fingerprint density at radius 1 is 0.733 bits per heavy atom. The van der Waals surface area contributed by atoms with Gasteiger partial charge in [0.25, 0.3) is 0 Å². The predicted molar refractivity (Wildman–Crippen MR) is 61.9 cm³/mol. The van der Waals surface area contributed by atoms with E-state index in [0.717, 1.165) is 0 Å². The van der Waals surface area contributed by atoms with Crippen LogP contribution in [-0.4, -0.2) is 9.97 Å². The van der Waals surface area contributed by atoms with E-state index in [1.165, 1.54) is 11.4 Å². The van der Waals surface area contributed by atoms with Crippen LogP contribution in [-0.2, 0) is 10.8 Å². The van der Waals surface area contributed by atoms with Crippen molar-refractivity contribution in [2.75, 3.05) is 0 Å². The van der Waals surface area contributed by atoms with Crippen molar-refractivity contribution in [3.05, 3.63) is 23.8 Å². The van der Waals surface area contributed by atoms with Crippen LogP contribution in [0.5, 0.6) is 0 Å². The van der Waals surface area contributed by atoms with Crippen LogP contribution in [0.15, 0.2) is 12.4 Å². The van der Waals surface area contributed by atoms with Gasteiger partial charge in [0.05, 0.1) is 11.4 Å². The molecule has 82 valence electrons. The molecule has 2 nitrogen and oxygen atoms in total. The highest BCUT2D eigenvalue weighted by atomic mass is 14.9. The molecule has 0 fully saturated rings. The van der Waals surface area contributed by atoms with Crippen LogP contribution >= 0.6 is 0 Å². The van der Waals surface area contributed by atoms with Crippen LogP contribution in [0.1, 0.15) is 52.9 Å². The van der Waals surface area contributed by atoms with Crippen LogP contribution in [0.4, 0.5) is 0 Å². The smallest absolute Gasteiger partial charge is 0.0686 e. The van der Waals surface area contributed by atoms with E-state index in [2.05, 4.69) is 51.5 Å². The van der Waals surface area contributed by atoms with Crippen molar-refractivity contribution in [1.82, 2.24) is 9.97 Å². The van der Waals surface area contributed by atoms with Crippen molar-refractivity contribution >= 4 is 0 Å². The maximum Gasteiger partial charge on any atom is 0.0686 e. The third-order valence-corrected chi connectivity index (χ3v) is 5.01. The van der Waals surface area contributed by atoms with E-state index in [4.69, 9.17) is 0 Å². The molecule has 0 saturated heterocycles. The Bertz CT molecular complexity index is 366.